The first kappa shape index (κ1) is 13.8. The first-order chi connectivity index (χ1) is 9.00. The topological polar surface area (TPSA) is 40.7 Å². The van der Waals surface area contributed by atoms with Crippen molar-refractivity contribution in [3.63, 3.8) is 0 Å². The predicted molar refractivity (Wildman–Crippen MR) is 79.2 cm³/mol. The number of rotatable bonds is 5. The van der Waals surface area contributed by atoms with E-state index in [-0.39, 0.29) is 5.41 Å². The van der Waals surface area contributed by atoms with Gasteiger partial charge in [0.05, 0.1) is 5.69 Å². The molecule has 1 aromatic heterocycles. The zero-order chi connectivity index (χ0) is 13.9. The molecule has 0 aliphatic heterocycles. The van der Waals surface area contributed by atoms with E-state index in [4.69, 9.17) is 0 Å². The van der Waals surface area contributed by atoms with Crippen LogP contribution in [0.15, 0.2) is 30.3 Å². The summed E-state index contributed by atoms with van der Waals surface area (Å²) in [5.41, 5.74) is 5.02. The summed E-state index contributed by atoms with van der Waals surface area (Å²) in [4.78, 5) is 0. The molecule has 102 valence electrons. The van der Waals surface area contributed by atoms with E-state index >= 15 is 0 Å². The molecule has 3 heteroatoms. The fourth-order valence-electron chi connectivity index (χ4n) is 2.33. The number of nitrogens with zero attached hydrogens (tertiary/aromatic N) is 1. The Balaban J connectivity index is 1.96. The molecule has 0 aliphatic rings. The Labute approximate surface area is 115 Å². The van der Waals surface area contributed by atoms with Crippen molar-refractivity contribution in [2.24, 2.45) is 0 Å². The molecule has 0 fully saturated rings. The van der Waals surface area contributed by atoms with Crippen LogP contribution in [-0.4, -0.2) is 16.7 Å². The third-order valence-electron chi connectivity index (χ3n) is 3.70. The highest BCUT2D eigenvalue weighted by Crippen LogP contribution is 2.22. The molecule has 0 saturated heterocycles. The van der Waals surface area contributed by atoms with Crippen LogP contribution in [0.4, 0.5) is 0 Å². The van der Waals surface area contributed by atoms with Crippen LogP contribution in [0.1, 0.15) is 36.4 Å². The standard InChI is InChI=1S/C16H23N3/c1-12-15(13(2)19-18-12)10-17-11-16(3,4)14-8-6-5-7-9-14/h5-9,17H,10-11H2,1-4H3,(H,18,19). The van der Waals surface area contributed by atoms with Crippen molar-refractivity contribution in [2.75, 3.05) is 6.54 Å². The predicted octanol–water partition coefficient (Wildman–Crippen LogP) is 3.09. The summed E-state index contributed by atoms with van der Waals surface area (Å²) in [5.74, 6) is 0. The Hall–Kier alpha value is -1.61. The van der Waals surface area contributed by atoms with Crippen LogP contribution in [-0.2, 0) is 12.0 Å². The molecule has 0 spiro atoms. The number of hydrogen-bond donors (Lipinski definition) is 2. The molecule has 3 nitrogen and oxygen atoms in total. The highest BCUT2D eigenvalue weighted by Gasteiger charge is 2.19. The molecule has 0 bridgehead atoms. The van der Waals surface area contributed by atoms with Gasteiger partial charge < -0.3 is 5.32 Å². The molecular formula is C16H23N3. The van der Waals surface area contributed by atoms with Crippen LogP contribution in [0.2, 0.25) is 0 Å². The zero-order valence-electron chi connectivity index (χ0n) is 12.2. The fourth-order valence-corrected chi connectivity index (χ4v) is 2.33. The molecular weight excluding hydrogens is 234 g/mol. The lowest BCUT2D eigenvalue weighted by molar-refractivity contribution is 0.468. The van der Waals surface area contributed by atoms with Gasteiger partial charge in [0.2, 0.25) is 0 Å². The van der Waals surface area contributed by atoms with E-state index in [0.29, 0.717) is 0 Å². The lowest BCUT2D eigenvalue weighted by atomic mass is 9.84. The van der Waals surface area contributed by atoms with Crippen LogP contribution in [0.3, 0.4) is 0 Å². The summed E-state index contributed by atoms with van der Waals surface area (Å²) in [5, 5.41) is 10.8. The van der Waals surface area contributed by atoms with Gasteiger partial charge in [0.15, 0.2) is 0 Å². The molecule has 1 heterocycles. The highest BCUT2D eigenvalue weighted by molar-refractivity contribution is 5.25. The van der Waals surface area contributed by atoms with Crippen LogP contribution < -0.4 is 5.32 Å². The maximum absolute atomic E-state index is 4.22. The SMILES string of the molecule is Cc1n[nH]c(C)c1CNCC(C)(C)c1ccccc1. The second-order valence-corrected chi connectivity index (χ2v) is 5.77. The molecule has 2 N–H and O–H groups in total. The summed E-state index contributed by atoms with van der Waals surface area (Å²) in [6, 6.07) is 10.6. The number of benzene rings is 1. The molecule has 0 saturated carbocycles. The largest absolute Gasteiger partial charge is 0.312 e. The van der Waals surface area contributed by atoms with Crippen LogP contribution in [0, 0.1) is 13.8 Å². The fraction of sp³-hybridized carbons (Fsp3) is 0.438. The minimum absolute atomic E-state index is 0.132. The molecule has 0 aliphatic carbocycles. The van der Waals surface area contributed by atoms with E-state index in [9.17, 15) is 0 Å². The van der Waals surface area contributed by atoms with E-state index in [1.807, 2.05) is 6.92 Å². The molecule has 2 aromatic rings. The molecule has 0 atom stereocenters. The van der Waals surface area contributed by atoms with Crippen molar-refractivity contribution in [3.8, 4) is 0 Å². The van der Waals surface area contributed by atoms with Gasteiger partial charge in [-0.25, -0.2) is 0 Å². The Morgan fingerprint density at radius 3 is 2.42 bits per heavy atom. The third-order valence-corrected chi connectivity index (χ3v) is 3.70. The van der Waals surface area contributed by atoms with Gasteiger partial charge >= 0.3 is 0 Å². The summed E-state index contributed by atoms with van der Waals surface area (Å²) in [7, 11) is 0. The van der Waals surface area contributed by atoms with Crippen molar-refractivity contribution >= 4 is 0 Å². The Bertz CT molecular complexity index is 507. The van der Waals surface area contributed by atoms with Crippen LogP contribution in [0.25, 0.3) is 0 Å². The second-order valence-electron chi connectivity index (χ2n) is 5.77. The number of nitrogens with one attached hydrogen (secondary N) is 2. The lowest BCUT2D eigenvalue weighted by Gasteiger charge is -2.25. The van der Waals surface area contributed by atoms with Gasteiger partial charge in [0, 0.05) is 29.8 Å². The van der Waals surface area contributed by atoms with Crippen molar-refractivity contribution in [2.45, 2.75) is 39.7 Å². The van der Waals surface area contributed by atoms with Crippen LogP contribution in [0.5, 0.6) is 0 Å². The minimum Gasteiger partial charge on any atom is -0.312 e. The molecule has 0 amide bonds. The van der Waals surface area contributed by atoms with Gasteiger partial charge in [-0.2, -0.15) is 5.10 Å². The van der Waals surface area contributed by atoms with E-state index in [2.05, 4.69) is 66.6 Å². The van der Waals surface area contributed by atoms with E-state index in [1.54, 1.807) is 0 Å². The lowest BCUT2D eigenvalue weighted by Crippen LogP contribution is -2.32. The minimum atomic E-state index is 0.132. The van der Waals surface area contributed by atoms with Gasteiger partial charge in [-0.1, -0.05) is 44.2 Å². The maximum Gasteiger partial charge on any atom is 0.0638 e. The average Bonchev–Trinajstić information content (AvgIpc) is 2.71. The van der Waals surface area contributed by atoms with Crippen LogP contribution >= 0.6 is 0 Å². The van der Waals surface area contributed by atoms with E-state index in [0.717, 1.165) is 24.5 Å². The van der Waals surface area contributed by atoms with Gasteiger partial charge in [-0.15, -0.1) is 0 Å². The molecule has 0 unspecified atom stereocenters. The number of aromatic nitrogens is 2. The number of H-pyrrole nitrogens is 1. The van der Waals surface area contributed by atoms with Gasteiger partial charge in [-0.05, 0) is 19.4 Å². The van der Waals surface area contributed by atoms with Gasteiger partial charge in [0.1, 0.15) is 0 Å². The van der Waals surface area contributed by atoms with Crippen molar-refractivity contribution in [1.29, 1.82) is 0 Å². The Kier molecular flexibility index (Phi) is 4.05. The molecule has 1 aromatic carbocycles. The van der Waals surface area contributed by atoms with Crippen molar-refractivity contribution in [1.82, 2.24) is 15.5 Å². The monoisotopic (exact) mass is 257 g/mol. The van der Waals surface area contributed by atoms with Gasteiger partial charge in [-0.3, -0.25) is 5.10 Å². The molecule has 0 radical (unpaired) electrons. The van der Waals surface area contributed by atoms with Crippen molar-refractivity contribution < 1.29 is 0 Å². The summed E-state index contributed by atoms with van der Waals surface area (Å²) in [6.45, 7) is 10.5. The van der Waals surface area contributed by atoms with E-state index in [1.165, 1.54) is 11.1 Å². The average molecular weight is 257 g/mol. The first-order valence-electron chi connectivity index (χ1n) is 6.77. The van der Waals surface area contributed by atoms with Gasteiger partial charge in [0.25, 0.3) is 0 Å². The molecule has 19 heavy (non-hydrogen) atoms. The molecule has 2 rings (SSSR count). The summed E-state index contributed by atoms with van der Waals surface area (Å²) < 4.78 is 0. The highest BCUT2D eigenvalue weighted by atomic mass is 15.1. The van der Waals surface area contributed by atoms with Crippen molar-refractivity contribution in [3.05, 3.63) is 52.8 Å². The smallest absolute Gasteiger partial charge is 0.0638 e. The summed E-state index contributed by atoms with van der Waals surface area (Å²) >= 11 is 0. The maximum atomic E-state index is 4.22. The quantitative estimate of drug-likeness (QED) is 0.864. The summed E-state index contributed by atoms with van der Waals surface area (Å²) in [6.07, 6.45) is 0. The number of hydrogen-bond acceptors (Lipinski definition) is 2. The number of aryl methyl sites for hydroxylation is 2. The normalized spacial score (nSPS) is 11.8. The second kappa shape index (κ2) is 5.57. The third kappa shape index (κ3) is 3.24. The number of aromatic amines is 1. The van der Waals surface area contributed by atoms with E-state index < -0.39 is 0 Å². The first-order valence-corrected chi connectivity index (χ1v) is 6.77. The Morgan fingerprint density at radius 1 is 1.16 bits per heavy atom. The zero-order valence-corrected chi connectivity index (χ0v) is 12.2. The Morgan fingerprint density at radius 2 is 1.84 bits per heavy atom.